The maximum atomic E-state index is 9.53. The average molecular weight is 728 g/mol. The van der Waals surface area contributed by atoms with Gasteiger partial charge < -0.3 is 13.6 Å². The van der Waals surface area contributed by atoms with Crippen molar-refractivity contribution in [1.29, 1.82) is 5.26 Å². The maximum absolute atomic E-state index is 9.53. The third kappa shape index (κ3) is 4.43. The lowest BCUT2D eigenvalue weighted by Gasteiger charge is -2.16. The molecule has 0 spiro atoms. The van der Waals surface area contributed by atoms with E-state index in [1.165, 1.54) is 49.0 Å². The van der Waals surface area contributed by atoms with Gasteiger partial charge in [-0.05, 0) is 120 Å². The number of benzene rings is 9. The zero-order chi connectivity index (χ0) is 37.9. The second-order valence-corrected chi connectivity index (χ2v) is 15.4. The summed E-state index contributed by atoms with van der Waals surface area (Å²) in [5, 5.41) is 21.3. The molecule has 266 valence electrons. The molecule has 0 saturated heterocycles. The molecule has 12 aromatic rings. The van der Waals surface area contributed by atoms with E-state index in [0.717, 1.165) is 71.8 Å². The van der Waals surface area contributed by atoms with Crippen LogP contribution in [0.15, 0.2) is 168 Å². The molecule has 0 N–H and O–H groups in total. The summed E-state index contributed by atoms with van der Waals surface area (Å²) in [6.07, 6.45) is 0. The molecule has 0 atom stereocenters. The standard InChI is InChI=1S/C53H33N3O/c1-31-25-32(2)27-36(26-31)56-45-17-9-6-14-40(45)50-47(56)29-42(52-51(50)39-13-4-3-12-38(39)49-41-15-7-10-18-48(41)57-53(49)52)34-21-24-46-43(28-34)37-11-5-8-16-44(37)55(46)35-22-19-33(30-54)20-23-35/h3-29H,1-2H3. The first-order chi connectivity index (χ1) is 28.1. The molecule has 0 bridgehead atoms. The first kappa shape index (κ1) is 31.7. The van der Waals surface area contributed by atoms with E-state index in [1.807, 2.05) is 24.3 Å². The smallest absolute Gasteiger partial charge is 0.144 e. The molecule has 4 heteroatoms. The summed E-state index contributed by atoms with van der Waals surface area (Å²) in [7, 11) is 0. The minimum absolute atomic E-state index is 0.645. The number of aromatic nitrogens is 2. The molecule has 0 unspecified atom stereocenters. The quantitative estimate of drug-likeness (QED) is 0.170. The molecule has 3 heterocycles. The molecule has 0 aliphatic carbocycles. The summed E-state index contributed by atoms with van der Waals surface area (Å²) in [6, 6.07) is 61.0. The van der Waals surface area contributed by atoms with E-state index < -0.39 is 0 Å². The first-order valence-corrected chi connectivity index (χ1v) is 19.4. The van der Waals surface area contributed by atoms with Crippen molar-refractivity contribution in [2.24, 2.45) is 0 Å². The predicted molar refractivity (Wildman–Crippen MR) is 237 cm³/mol. The zero-order valence-corrected chi connectivity index (χ0v) is 31.3. The minimum atomic E-state index is 0.645. The summed E-state index contributed by atoms with van der Waals surface area (Å²) in [4.78, 5) is 0. The Morgan fingerprint density at radius 1 is 0.439 bits per heavy atom. The molecule has 9 aromatic carbocycles. The van der Waals surface area contributed by atoms with E-state index >= 15 is 0 Å². The normalized spacial score (nSPS) is 12.0. The van der Waals surface area contributed by atoms with Crippen molar-refractivity contribution in [3.8, 4) is 28.6 Å². The Labute approximate surface area is 327 Å². The molecule has 3 aromatic heterocycles. The molecule has 0 radical (unpaired) electrons. The van der Waals surface area contributed by atoms with Gasteiger partial charge >= 0.3 is 0 Å². The van der Waals surface area contributed by atoms with Gasteiger partial charge in [-0.25, -0.2) is 0 Å². The summed E-state index contributed by atoms with van der Waals surface area (Å²) in [5.74, 6) is 0. The van der Waals surface area contributed by atoms with Crippen LogP contribution in [0.4, 0.5) is 0 Å². The van der Waals surface area contributed by atoms with Crippen LogP contribution in [0.1, 0.15) is 16.7 Å². The highest BCUT2D eigenvalue weighted by molar-refractivity contribution is 6.40. The second-order valence-electron chi connectivity index (χ2n) is 15.4. The van der Waals surface area contributed by atoms with Crippen LogP contribution in [-0.4, -0.2) is 9.13 Å². The van der Waals surface area contributed by atoms with Crippen molar-refractivity contribution in [2.45, 2.75) is 13.8 Å². The predicted octanol–water partition coefficient (Wildman–Crippen LogP) is 14.2. The van der Waals surface area contributed by atoms with Crippen molar-refractivity contribution in [2.75, 3.05) is 0 Å². The van der Waals surface area contributed by atoms with Crippen LogP contribution in [0.3, 0.4) is 0 Å². The lowest BCUT2D eigenvalue weighted by molar-refractivity contribution is 0.673. The molecule has 4 nitrogen and oxygen atoms in total. The van der Waals surface area contributed by atoms with Crippen LogP contribution < -0.4 is 0 Å². The van der Waals surface area contributed by atoms with E-state index in [1.54, 1.807) is 0 Å². The first-order valence-electron chi connectivity index (χ1n) is 19.4. The largest absolute Gasteiger partial charge is 0.455 e. The minimum Gasteiger partial charge on any atom is -0.455 e. The van der Waals surface area contributed by atoms with E-state index in [-0.39, 0.29) is 0 Å². The summed E-state index contributed by atoms with van der Waals surface area (Å²) >= 11 is 0. The van der Waals surface area contributed by atoms with Gasteiger partial charge in [-0.1, -0.05) is 91.0 Å². The van der Waals surface area contributed by atoms with E-state index in [9.17, 15) is 5.26 Å². The van der Waals surface area contributed by atoms with Gasteiger partial charge in [0.15, 0.2) is 0 Å². The van der Waals surface area contributed by atoms with Crippen molar-refractivity contribution >= 4 is 87.1 Å². The Bertz CT molecular complexity index is 3700. The number of furan rings is 1. The highest BCUT2D eigenvalue weighted by Gasteiger charge is 2.25. The van der Waals surface area contributed by atoms with Gasteiger partial charge in [0.25, 0.3) is 0 Å². The molecule has 12 rings (SSSR count). The number of hydrogen-bond donors (Lipinski definition) is 0. The number of nitrogens with zero attached hydrogens (tertiary/aromatic N) is 3. The van der Waals surface area contributed by atoms with Gasteiger partial charge in [0.1, 0.15) is 11.2 Å². The number of para-hydroxylation sites is 3. The van der Waals surface area contributed by atoms with E-state index in [4.69, 9.17) is 4.42 Å². The third-order valence-electron chi connectivity index (χ3n) is 12.0. The average Bonchev–Trinajstić information content (AvgIpc) is 3.91. The van der Waals surface area contributed by atoms with E-state index in [0.29, 0.717) is 5.56 Å². The SMILES string of the molecule is Cc1cc(C)cc(-n2c3ccccc3c3c4c5ccccc5c5c6ccccc6oc5c4c(-c4ccc5c(c4)c4ccccc4n5-c4ccc(C#N)cc4)cc32)c1. The molecule has 0 amide bonds. The molecular formula is C53H33N3O. The lowest BCUT2D eigenvalue weighted by atomic mass is 9.88. The van der Waals surface area contributed by atoms with Gasteiger partial charge in [0, 0.05) is 54.5 Å². The number of aryl methyl sites for hydroxylation is 2. The Kier molecular flexibility index (Phi) is 6.51. The Hall–Kier alpha value is -7.61. The summed E-state index contributed by atoms with van der Waals surface area (Å²) in [5.41, 5.74) is 13.9. The highest BCUT2D eigenvalue weighted by atomic mass is 16.3. The van der Waals surface area contributed by atoms with Crippen molar-refractivity contribution in [3.63, 3.8) is 0 Å². The zero-order valence-electron chi connectivity index (χ0n) is 31.3. The number of nitriles is 1. The Morgan fingerprint density at radius 2 is 1.04 bits per heavy atom. The molecule has 0 saturated carbocycles. The summed E-state index contributed by atoms with van der Waals surface area (Å²) < 4.78 is 11.8. The fourth-order valence-electron chi connectivity index (χ4n) is 9.73. The Balaban J connectivity index is 1.29. The fraction of sp³-hybridized carbons (Fsp3) is 0.0377. The van der Waals surface area contributed by atoms with Crippen LogP contribution in [0.25, 0.3) is 110 Å². The molecule has 57 heavy (non-hydrogen) atoms. The molecule has 0 fully saturated rings. The molecule has 0 aliphatic rings. The third-order valence-corrected chi connectivity index (χ3v) is 12.0. The molecular weight excluding hydrogens is 695 g/mol. The Morgan fingerprint density at radius 3 is 1.77 bits per heavy atom. The van der Waals surface area contributed by atoms with Crippen molar-refractivity contribution < 1.29 is 4.42 Å². The molecule has 0 aliphatic heterocycles. The van der Waals surface area contributed by atoms with Crippen LogP contribution in [-0.2, 0) is 0 Å². The maximum Gasteiger partial charge on any atom is 0.144 e. The van der Waals surface area contributed by atoms with Crippen LogP contribution >= 0.6 is 0 Å². The fourth-order valence-corrected chi connectivity index (χ4v) is 9.73. The van der Waals surface area contributed by atoms with Gasteiger partial charge in [-0.3, -0.25) is 0 Å². The topological polar surface area (TPSA) is 46.8 Å². The van der Waals surface area contributed by atoms with Gasteiger partial charge in [-0.15, -0.1) is 0 Å². The van der Waals surface area contributed by atoms with Gasteiger partial charge in [0.05, 0.1) is 33.7 Å². The number of rotatable bonds is 3. The van der Waals surface area contributed by atoms with Crippen molar-refractivity contribution in [3.05, 3.63) is 180 Å². The van der Waals surface area contributed by atoms with E-state index in [2.05, 4.69) is 169 Å². The second kappa shape index (κ2) is 11.7. The number of fused-ring (bicyclic) bond motifs is 15. The van der Waals surface area contributed by atoms with Crippen LogP contribution in [0, 0.1) is 25.2 Å². The van der Waals surface area contributed by atoms with Gasteiger partial charge in [-0.2, -0.15) is 5.26 Å². The monoisotopic (exact) mass is 727 g/mol. The number of hydrogen-bond acceptors (Lipinski definition) is 2. The summed E-state index contributed by atoms with van der Waals surface area (Å²) in [6.45, 7) is 4.36. The van der Waals surface area contributed by atoms with Crippen LogP contribution in [0.2, 0.25) is 0 Å². The van der Waals surface area contributed by atoms with Crippen LogP contribution in [0.5, 0.6) is 0 Å². The van der Waals surface area contributed by atoms with Gasteiger partial charge in [0.2, 0.25) is 0 Å². The highest BCUT2D eigenvalue weighted by Crippen LogP contribution is 2.50. The lowest BCUT2D eigenvalue weighted by Crippen LogP contribution is -1.96. The van der Waals surface area contributed by atoms with Crippen molar-refractivity contribution in [1.82, 2.24) is 9.13 Å².